The molecule has 0 aliphatic rings. The highest BCUT2D eigenvalue weighted by Crippen LogP contribution is 2.23. The van der Waals surface area contributed by atoms with Crippen molar-refractivity contribution in [1.82, 2.24) is 14.7 Å². The number of ether oxygens (including phenoxy) is 1. The van der Waals surface area contributed by atoms with Crippen molar-refractivity contribution in [3.8, 4) is 17.0 Å². The molecule has 2 aromatic carbocycles. The number of aromatic nitrogens is 2. The minimum atomic E-state index is -0.467. The Hall–Kier alpha value is -3.45. The Morgan fingerprint density at radius 1 is 1.14 bits per heavy atom. The van der Waals surface area contributed by atoms with Crippen LogP contribution >= 0.6 is 11.3 Å². The van der Waals surface area contributed by atoms with Crippen molar-refractivity contribution in [3.05, 3.63) is 88.2 Å². The Kier molecular flexibility index (Phi) is 5.39. The van der Waals surface area contributed by atoms with Gasteiger partial charge in [-0.15, -0.1) is 11.3 Å². The van der Waals surface area contributed by atoms with Crippen LogP contribution in [0.2, 0.25) is 0 Å². The average molecular weight is 405 g/mol. The summed E-state index contributed by atoms with van der Waals surface area (Å²) in [4.78, 5) is 30.5. The Labute approximate surface area is 171 Å². The van der Waals surface area contributed by atoms with Crippen molar-refractivity contribution in [2.75, 3.05) is 6.54 Å². The van der Waals surface area contributed by atoms with Crippen molar-refractivity contribution in [2.45, 2.75) is 13.0 Å². The molecule has 0 aliphatic carbocycles. The van der Waals surface area contributed by atoms with Crippen LogP contribution in [-0.2, 0) is 0 Å². The summed E-state index contributed by atoms with van der Waals surface area (Å²) in [5.74, 6) is 0.258. The van der Waals surface area contributed by atoms with E-state index in [1.807, 2.05) is 73.0 Å². The highest BCUT2D eigenvalue weighted by atomic mass is 32.1. The number of hydrogen-bond acceptors (Lipinski definition) is 5. The fourth-order valence-corrected chi connectivity index (χ4v) is 3.82. The summed E-state index contributed by atoms with van der Waals surface area (Å²) in [7, 11) is 0. The molecule has 1 atom stereocenters. The molecule has 4 rings (SSSR count). The molecule has 7 heteroatoms. The van der Waals surface area contributed by atoms with Crippen LogP contribution in [0.4, 0.5) is 0 Å². The number of carbonyl (C=O) groups excluding carboxylic acids is 1. The summed E-state index contributed by atoms with van der Waals surface area (Å²) >= 11 is 1.36. The van der Waals surface area contributed by atoms with Crippen molar-refractivity contribution < 1.29 is 9.53 Å². The zero-order chi connectivity index (χ0) is 20.2. The van der Waals surface area contributed by atoms with Crippen LogP contribution in [0.5, 0.6) is 5.75 Å². The van der Waals surface area contributed by atoms with E-state index in [4.69, 9.17) is 4.74 Å². The van der Waals surface area contributed by atoms with Crippen LogP contribution in [0.25, 0.3) is 16.2 Å². The van der Waals surface area contributed by atoms with Crippen molar-refractivity contribution >= 4 is 22.2 Å². The number of benzene rings is 2. The molecule has 0 fully saturated rings. The van der Waals surface area contributed by atoms with E-state index in [1.54, 1.807) is 0 Å². The summed E-state index contributed by atoms with van der Waals surface area (Å²) in [6, 6.07) is 18.9. The maximum absolute atomic E-state index is 13.0. The first kappa shape index (κ1) is 18.9. The molecule has 0 aliphatic heterocycles. The summed E-state index contributed by atoms with van der Waals surface area (Å²) in [6.07, 6.45) is 1.09. The number of carbonyl (C=O) groups is 1. The fourth-order valence-electron chi connectivity index (χ4n) is 2.96. The van der Waals surface area contributed by atoms with E-state index >= 15 is 0 Å². The van der Waals surface area contributed by atoms with Gasteiger partial charge in [-0.1, -0.05) is 48.5 Å². The van der Waals surface area contributed by atoms with E-state index in [0.717, 1.165) is 17.0 Å². The fraction of sp³-hybridized carbons (Fsp3) is 0.136. The number of hydrogen-bond donors (Lipinski definition) is 1. The molecule has 29 heavy (non-hydrogen) atoms. The van der Waals surface area contributed by atoms with Gasteiger partial charge in [-0.3, -0.25) is 14.0 Å². The number of para-hydroxylation sites is 1. The van der Waals surface area contributed by atoms with Gasteiger partial charge in [-0.05, 0) is 24.6 Å². The molecule has 1 N–H and O–H groups in total. The van der Waals surface area contributed by atoms with Gasteiger partial charge in [0, 0.05) is 11.6 Å². The van der Waals surface area contributed by atoms with E-state index in [1.165, 1.54) is 21.9 Å². The highest BCUT2D eigenvalue weighted by molar-refractivity contribution is 7.15. The van der Waals surface area contributed by atoms with Gasteiger partial charge in [0.25, 0.3) is 11.5 Å². The lowest BCUT2D eigenvalue weighted by Gasteiger charge is -2.15. The molecule has 0 saturated carbocycles. The largest absolute Gasteiger partial charge is 0.489 e. The second kappa shape index (κ2) is 8.28. The van der Waals surface area contributed by atoms with E-state index in [2.05, 4.69) is 10.3 Å². The molecular formula is C22H19N3O3S. The highest BCUT2D eigenvalue weighted by Gasteiger charge is 2.17. The molecule has 0 radical (unpaired) electrons. The summed E-state index contributed by atoms with van der Waals surface area (Å²) in [6.45, 7) is 2.12. The van der Waals surface area contributed by atoms with Crippen LogP contribution < -0.4 is 15.6 Å². The second-order valence-electron chi connectivity index (χ2n) is 6.53. The number of fused-ring (bicyclic) bond motifs is 1. The van der Waals surface area contributed by atoms with Crippen LogP contribution in [0.1, 0.15) is 17.3 Å². The first-order valence-corrected chi connectivity index (χ1v) is 10.1. The number of nitrogens with one attached hydrogen (secondary N) is 1. The standard InChI is InChI=1S/C22H19N3O3S/c1-15(28-17-10-6-3-7-11-17)12-23-20(26)18-13-24-22-25(21(18)27)19(14-29-22)16-8-4-2-5-9-16/h2-11,13-15H,12H2,1H3,(H,23,26). The zero-order valence-electron chi connectivity index (χ0n) is 15.7. The maximum atomic E-state index is 13.0. The van der Waals surface area contributed by atoms with Crippen molar-refractivity contribution in [2.24, 2.45) is 0 Å². The number of rotatable bonds is 6. The summed E-state index contributed by atoms with van der Waals surface area (Å²) in [5, 5.41) is 4.63. The van der Waals surface area contributed by atoms with Gasteiger partial charge in [-0.25, -0.2) is 4.98 Å². The van der Waals surface area contributed by atoms with Gasteiger partial charge >= 0.3 is 0 Å². The minimum absolute atomic E-state index is 0.00462. The average Bonchev–Trinajstić information content (AvgIpc) is 3.19. The van der Waals surface area contributed by atoms with Crippen molar-refractivity contribution in [3.63, 3.8) is 0 Å². The normalized spacial score (nSPS) is 11.9. The number of nitrogens with zero attached hydrogens (tertiary/aromatic N) is 2. The summed E-state index contributed by atoms with van der Waals surface area (Å²) in [5.41, 5.74) is 1.23. The molecule has 1 amide bonds. The van der Waals surface area contributed by atoms with E-state index in [-0.39, 0.29) is 23.8 Å². The predicted octanol–water partition coefficient (Wildman–Crippen LogP) is 3.62. The molecular weight excluding hydrogens is 386 g/mol. The minimum Gasteiger partial charge on any atom is -0.489 e. The predicted molar refractivity (Wildman–Crippen MR) is 114 cm³/mol. The monoisotopic (exact) mass is 405 g/mol. The number of thiazole rings is 1. The van der Waals surface area contributed by atoms with Gasteiger partial charge < -0.3 is 10.1 Å². The Morgan fingerprint density at radius 3 is 2.55 bits per heavy atom. The Bertz CT molecular complexity index is 1190. The SMILES string of the molecule is CC(CNC(=O)c1cnc2scc(-c3ccccc3)n2c1=O)Oc1ccccc1. The van der Waals surface area contributed by atoms with Gasteiger partial charge in [0.2, 0.25) is 0 Å². The molecule has 2 aromatic heterocycles. The summed E-state index contributed by atoms with van der Waals surface area (Å²) < 4.78 is 7.24. The maximum Gasteiger partial charge on any atom is 0.271 e. The van der Waals surface area contributed by atoms with E-state index in [9.17, 15) is 9.59 Å². The third-order valence-electron chi connectivity index (χ3n) is 4.39. The topological polar surface area (TPSA) is 72.7 Å². The van der Waals surface area contributed by atoms with Crippen LogP contribution in [-0.4, -0.2) is 27.9 Å². The van der Waals surface area contributed by atoms with Crippen LogP contribution in [0, 0.1) is 0 Å². The molecule has 0 spiro atoms. The van der Waals surface area contributed by atoms with Crippen LogP contribution in [0.15, 0.2) is 77.0 Å². The van der Waals surface area contributed by atoms with Crippen LogP contribution in [0.3, 0.4) is 0 Å². The second-order valence-corrected chi connectivity index (χ2v) is 7.37. The van der Waals surface area contributed by atoms with E-state index in [0.29, 0.717) is 4.96 Å². The van der Waals surface area contributed by atoms with Gasteiger partial charge in [0.1, 0.15) is 17.4 Å². The third kappa shape index (κ3) is 4.05. The number of amides is 1. The van der Waals surface area contributed by atoms with Gasteiger partial charge in [0.05, 0.1) is 12.2 Å². The molecule has 2 heterocycles. The quantitative estimate of drug-likeness (QED) is 0.532. The molecule has 1 unspecified atom stereocenters. The molecule has 146 valence electrons. The lowest BCUT2D eigenvalue weighted by Crippen LogP contribution is -2.37. The molecule has 6 nitrogen and oxygen atoms in total. The molecule has 4 aromatic rings. The van der Waals surface area contributed by atoms with Gasteiger partial charge in [0.15, 0.2) is 4.96 Å². The first-order valence-electron chi connectivity index (χ1n) is 9.18. The van der Waals surface area contributed by atoms with Crippen molar-refractivity contribution in [1.29, 1.82) is 0 Å². The van der Waals surface area contributed by atoms with Gasteiger partial charge in [-0.2, -0.15) is 0 Å². The molecule has 0 bridgehead atoms. The smallest absolute Gasteiger partial charge is 0.271 e. The lowest BCUT2D eigenvalue weighted by atomic mass is 10.2. The Balaban J connectivity index is 1.54. The lowest BCUT2D eigenvalue weighted by molar-refractivity contribution is 0.0930. The first-order chi connectivity index (χ1) is 14.1. The van der Waals surface area contributed by atoms with E-state index < -0.39 is 5.91 Å². The zero-order valence-corrected chi connectivity index (χ0v) is 16.6. The third-order valence-corrected chi connectivity index (χ3v) is 5.23. The molecule has 0 saturated heterocycles. The Morgan fingerprint density at radius 2 is 1.83 bits per heavy atom.